The summed E-state index contributed by atoms with van der Waals surface area (Å²) in [6.07, 6.45) is 1.36. The predicted molar refractivity (Wildman–Crippen MR) is 63.2 cm³/mol. The topological polar surface area (TPSA) is 119 Å². The fraction of sp³-hybridized carbons (Fsp3) is 0.667. The fourth-order valence-electron chi connectivity index (χ4n) is 1.75. The van der Waals surface area contributed by atoms with Crippen molar-refractivity contribution in [3.8, 4) is 0 Å². The Balaban J connectivity index is 0.00000256. The predicted octanol–water partition coefficient (Wildman–Crippen LogP) is -2.04. The molecular weight excluding hydrogens is 248 g/mol. The fourth-order valence-corrected chi connectivity index (χ4v) is 1.75. The summed E-state index contributed by atoms with van der Waals surface area (Å²) < 4.78 is 0. The van der Waals surface area contributed by atoms with Crippen LogP contribution in [-0.4, -0.2) is 48.3 Å². The van der Waals surface area contributed by atoms with Gasteiger partial charge in [-0.05, 0) is 12.8 Å². The maximum absolute atomic E-state index is 11.6. The number of carbonyl (C=O) groups is 3. The number of halogens is 1. The van der Waals surface area contributed by atoms with Gasteiger partial charge in [-0.1, -0.05) is 0 Å². The molecule has 1 heterocycles. The van der Waals surface area contributed by atoms with E-state index in [2.05, 4.69) is 5.32 Å². The molecule has 3 amide bonds. The third-order valence-corrected chi connectivity index (χ3v) is 2.49. The highest BCUT2D eigenvalue weighted by Gasteiger charge is 2.33. The molecule has 0 radical (unpaired) electrons. The average Bonchev–Trinajstić information content (AvgIpc) is 2.73. The quantitative estimate of drug-likeness (QED) is 0.542. The third-order valence-electron chi connectivity index (χ3n) is 2.49. The number of hydrogen-bond donors (Lipinski definition) is 3. The van der Waals surface area contributed by atoms with Gasteiger partial charge in [0.1, 0.15) is 6.04 Å². The van der Waals surface area contributed by atoms with Gasteiger partial charge in [0.05, 0.1) is 13.1 Å². The summed E-state index contributed by atoms with van der Waals surface area (Å²) in [4.78, 5) is 35.0. The summed E-state index contributed by atoms with van der Waals surface area (Å²) in [5.41, 5.74) is 10.1. The minimum atomic E-state index is -0.608. The SMILES string of the molecule is Cl.NCC(=O)N1CCC[C@H]1C(=O)NCC(N)=O. The number of hydrogen-bond acceptors (Lipinski definition) is 4. The van der Waals surface area contributed by atoms with Gasteiger partial charge in [-0.25, -0.2) is 0 Å². The van der Waals surface area contributed by atoms with Crippen LogP contribution < -0.4 is 16.8 Å². The Morgan fingerprint density at radius 2 is 2.00 bits per heavy atom. The first-order valence-electron chi connectivity index (χ1n) is 5.11. The van der Waals surface area contributed by atoms with Crippen LogP contribution >= 0.6 is 12.4 Å². The van der Waals surface area contributed by atoms with E-state index < -0.39 is 11.9 Å². The van der Waals surface area contributed by atoms with Crippen LogP contribution in [-0.2, 0) is 14.4 Å². The molecule has 0 aromatic rings. The maximum Gasteiger partial charge on any atom is 0.243 e. The van der Waals surface area contributed by atoms with E-state index in [0.29, 0.717) is 13.0 Å². The van der Waals surface area contributed by atoms with Gasteiger partial charge >= 0.3 is 0 Å². The highest BCUT2D eigenvalue weighted by molar-refractivity contribution is 5.91. The van der Waals surface area contributed by atoms with E-state index in [4.69, 9.17) is 11.5 Å². The van der Waals surface area contributed by atoms with Crippen molar-refractivity contribution in [1.29, 1.82) is 0 Å². The maximum atomic E-state index is 11.6. The Bertz CT molecular complexity index is 311. The van der Waals surface area contributed by atoms with Crippen LogP contribution in [0.5, 0.6) is 0 Å². The zero-order chi connectivity index (χ0) is 12.1. The second kappa shape index (κ2) is 7.08. The van der Waals surface area contributed by atoms with Crippen LogP contribution in [0.2, 0.25) is 0 Å². The first-order valence-corrected chi connectivity index (χ1v) is 5.11. The lowest BCUT2D eigenvalue weighted by Gasteiger charge is -2.23. The molecule has 17 heavy (non-hydrogen) atoms. The lowest BCUT2D eigenvalue weighted by atomic mass is 10.2. The molecule has 0 aromatic heterocycles. The van der Waals surface area contributed by atoms with Gasteiger partial charge in [-0.2, -0.15) is 0 Å². The Morgan fingerprint density at radius 3 is 2.53 bits per heavy atom. The van der Waals surface area contributed by atoms with Crippen LogP contribution in [0.3, 0.4) is 0 Å². The van der Waals surface area contributed by atoms with Crippen molar-refractivity contribution < 1.29 is 14.4 Å². The number of nitrogens with zero attached hydrogens (tertiary/aromatic N) is 1. The van der Waals surface area contributed by atoms with Gasteiger partial charge in [0.25, 0.3) is 0 Å². The van der Waals surface area contributed by atoms with Gasteiger partial charge in [0.2, 0.25) is 17.7 Å². The van der Waals surface area contributed by atoms with Gasteiger partial charge in [0, 0.05) is 6.54 Å². The lowest BCUT2D eigenvalue weighted by molar-refractivity contribution is -0.137. The minimum absolute atomic E-state index is 0. The zero-order valence-corrected chi connectivity index (χ0v) is 10.2. The van der Waals surface area contributed by atoms with E-state index in [0.717, 1.165) is 6.42 Å². The van der Waals surface area contributed by atoms with Gasteiger partial charge < -0.3 is 21.7 Å². The highest BCUT2D eigenvalue weighted by Crippen LogP contribution is 2.16. The van der Waals surface area contributed by atoms with Crippen LogP contribution in [0.15, 0.2) is 0 Å². The zero-order valence-electron chi connectivity index (χ0n) is 9.35. The van der Waals surface area contributed by atoms with Crippen molar-refractivity contribution in [3.05, 3.63) is 0 Å². The molecule has 1 aliphatic heterocycles. The number of primary amides is 1. The standard InChI is InChI=1S/C9H16N4O3.ClH/c10-4-8(15)13-3-1-2-6(13)9(16)12-5-7(11)14;/h6H,1-5,10H2,(H2,11,14)(H,12,16);1H/t6-;/m0./s1. The molecule has 0 aliphatic carbocycles. The Labute approximate surface area is 105 Å². The average molecular weight is 265 g/mol. The molecule has 8 heteroatoms. The van der Waals surface area contributed by atoms with Crippen molar-refractivity contribution >= 4 is 30.1 Å². The van der Waals surface area contributed by atoms with Crippen LogP contribution in [0.25, 0.3) is 0 Å². The molecule has 7 nitrogen and oxygen atoms in total. The molecule has 0 aromatic carbocycles. The van der Waals surface area contributed by atoms with Crippen molar-refractivity contribution in [1.82, 2.24) is 10.2 Å². The molecule has 0 spiro atoms. The first kappa shape index (κ1) is 15.7. The van der Waals surface area contributed by atoms with Crippen LogP contribution in [0, 0.1) is 0 Å². The van der Waals surface area contributed by atoms with Gasteiger partial charge in [-0.15, -0.1) is 12.4 Å². The molecule has 1 saturated heterocycles. The molecule has 0 bridgehead atoms. The minimum Gasteiger partial charge on any atom is -0.368 e. The molecular formula is C9H17ClN4O3. The monoisotopic (exact) mass is 264 g/mol. The second-order valence-electron chi connectivity index (χ2n) is 3.63. The molecule has 0 saturated carbocycles. The summed E-state index contributed by atoms with van der Waals surface area (Å²) in [6, 6.07) is -0.518. The van der Waals surface area contributed by atoms with Crippen molar-refractivity contribution in [2.45, 2.75) is 18.9 Å². The van der Waals surface area contributed by atoms with Crippen molar-refractivity contribution in [2.75, 3.05) is 19.6 Å². The summed E-state index contributed by atoms with van der Waals surface area (Å²) in [5.74, 6) is -1.21. The van der Waals surface area contributed by atoms with E-state index >= 15 is 0 Å². The number of carbonyl (C=O) groups excluding carboxylic acids is 3. The van der Waals surface area contributed by atoms with Crippen LogP contribution in [0.4, 0.5) is 0 Å². The van der Waals surface area contributed by atoms with Crippen molar-refractivity contribution in [3.63, 3.8) is 0 Å². The van der Waals surface area contributed by atoms with E-state index in [1.54, 1.807) is 0 Å². The number of amides is 3. The van der Waals surface area contributed by atoms with E-state index in [-0.39, 0.29) is 37.3 Å². The summed E-state index contributed by atoms with van der Waals surface area (Å²) in [7, 11) is 0. The Kier molecular flexibility index (Phi) is 6.52. The first-order chi connectivity index (χ1) is 7.56. The summed E-state index contributed by atoms with van der Waals surface area (Å²) in [5, 5.41) is 2.38. The molecule has 0 unspecified atom stereocenters. The van der Waals surface area contributed by atoms with E-state index in [9.17, 15) is 14.4 Å². The van der Waals surface area contributed by atoms with Gasteiger partial charge in [-0.3, -0.25) is 14.4 Å². The molecule has 1 rings (SSSR count). The molecule has 1 aliphatic rings. The van der Waals surface area contributed by atoms with E-state index in [1.807, 2.05) is 0 Å². The third kappa shape index (κ3) is 4.20. The number of nitrogens with two attached hydrogens (primary N) is 2. The Hall–Kier alpha value is -1.34. The number of rotatable bonds is 4. The normalized spacial score (nSPS) is 18.4. The summed E-state index contributed by atoms with van der Waals surface area (Å²) in [6.45, 7) is 0.213. The van der Waals surface area contributed by atoms with Crippen LogP contribution in [0.1, 0.15) is 12.8 Å². The molecule has 5 N–H and O–H groups in total. The smallest absolute Gasteiger partial charge is 0.243 e. The second-order valence-corrected chi connectivity index (χ2v) is 3.63. The van der Waals surface area contributed by atoms with Gasteiger partial charge in [0.15, 0.2) is 0 Å². The molecule has 98 valence electrons. The number of likely N-dealkylation sites (tertiary alicyclic amines) is 1. The Morgan fingerprint density at radius 1 is 1.35 bits per heavy atom. The number of nitrogens with one attached hydrogen (secondary N) is 1. The molecule has 1 fully saturated rings. The largest absolute Gasteiger partial charge is 0.368 e. The highest BCUT2D eigenvalue weighted by atomic mass is 35.5. The van der Waals surface area contributed by atoms with E-state index in [1.165, 1.54) is 4.90 Å². The lowest BCUT2D eigenvalue weighted by Crippen LogP contribution is -2.49. The molecule has 1 atom stereocenters. The summed E-state index contributed by atoms with van der Waals surface area (Å²) >= 11 is 0. The van der Waals surface area contributed by atoms with Crippen molar-refractivity contribution in [2.24, 2.45) is 11.5 Å².